The Morgan fingerprint density at radius 3 is 2.37 bits per heavy atom. The van der Waals surface area contributed by atoms with Gasteiger partial charge in [0.15, 0.2) is 6.54 Å². The van der Waals surface area contributed by atoms with Crippen molar-refractivity contribution in [1.82, 2.24) is 0 Å². The van der Waals surface area contributed by atoms with Crippen molar-refractivity contribution in [2.75, 3.05) is 58.4 Å². The Kier molecular flexibility index (Phi) is 7.20. The molecule has 27 heavy (non-hydrogen) atoms. The maximum absolute atomic E-state index is 12.3. The lowest BCUT2D eigenvalue weighted by Crippen LogP contribution is -3.14. The van der Waals surface area contributed by atoms with E-state index in [2.05, 4.69) is 17.4 Å². The molecule has 0 saturated carbocycles. The Bertz CT molecular complexity index is 621. The standard InChI is InChI=1S/C20H29N3O4/c1-26-20(25)17-6-8-22(9-7-17)15-19(24)21-18-4-2-16(3-5-18)14-23-10-12-27-13-11-23/h2-5,17H,6-15H2,1H3,(H,21,24)/p+2. The number of amides is 1. The van der Waals surface area contributed by atoms with Crippen molar-refractivity contribution in [2.24, 2.45) is 5.92 Å². The van der Waals surface area contributed by atoms with Crippen LogP contribution < -0.4 is 15.1 Å². The van der Waals surface area contributed by atoms with Crippen molar-refractivity contribution >= 4 is 17.6 Å². The first-order valence-corrected chi connectivity index (χ1v) is 9.85. The maximum Gasteiger partial charge on any atom is 0.309 e. The van der Waals surface area contributed by atoms with Crippen LogP contribution in [-0.2, 0) is 25.6 Å². The number of nitrogens with one attached hydrogen (secondary N) is 3. The van der Waals surface area contributed by atoms with Crippen LogP contribution in [-0.4, -0.2) is 64.9 Å². The average Bonchev–Trinajstić information content (AvgIpc) is 2.70. The Morgan fingerprint density at radius 1 is 1.07 bits per heavy atom. The number of hydrogen-bond acceptors (Lipinski definition) is 4. The summed E-state index contributed by atoms with van der Waals surface area (Å²) in [7, 11) is 1.43. The summed E-state index contributed by atoms with van der Waals surface area (Å²) in [5.41, 5.74) is 2.12. The first-order valence-electron chi connectivity index (χ1n) is 9.85. The monoisotopic (exact) mass is 377 g/mol. The van der Waals surface area contributed by atoms with Crippen LogP contribution in [0.3, 0.4) is 0 Å². The molecule has 3 N–H and O–H groups in total. The Labute approximate surface area is 160 Å². The topological polar surface area (TPSA) is 73.5 Å². The molecule has 3 rings (SSSR count). The molecule has 2 aliphatic heterocycles. The molecule has 0 aliphatic carbocycles. The zero-order chi connectivity index (χ0) is 19.1. The SMILES string of the molecule is COC(=O)C1CC[NH+](CC(=O)Nc2ccc(C[NH+]3CCOCC3)cc2)CC1. The number of quaternary nitrogens is 2. The van der Waals surface area contributed by atoms with Gasteiger partial charge in [0.25, 0.3) is 5.91 Å². The van der Waals surface area contributed by atoms with Gasteiger partial charge in [-0.15, -0.1) is 0 Å². The molecule has 2 fully saturated rings. The summed E-state index contributed by atoms with van der Waals surface area (Å²) >= 11 is 0. The van der Waals surface area contributed by atoms with Gasteiger partial charge in [-0.2, -0.15) is 0 Å². The molecule has 0 radical (unpaired) electrons. The zero-order valence-corrected chi connectivity index (χ0v) is 16.1. The fraction of sp³-hybridized carbons (Fsp3) is 0.600. The summed E-state index contributed by atoms with van der Waals surface area (Å²) in [6.45, 7) is 6.86. The fourth-order valence-corrected chi connectivity index (χ4v) is 3.87. The molecule has 7 heteroatoms. The summed E-state index contributed by atoms with van der Waals surface area (Å²) in [6.07, 6.45) is 1.57. The molecule has 1 aromatic carbocycles. The molecule has 1 aromatic rings. The summed E-state index contributed by atoms with van der Waals surface area (Å²) in [6, 6.07) is 8.14. The number of carbonyl (C=O) groups excluding carboxylic acids is 2. The number of ether oxygens (including phenoxy) is 2. The summed E-state index contributed by atoms with van der Waals surface area (Å²) < 4.78 is 10.2. The van der Waals surface area contributed by atoms with Crippen LogP contribution in [0.15, 0.2) is 24.3 Å². The predicted octanol–water partition coefficient (Wildman–Crippen LogP) is -1.49. The van der Waals surface area contributed by atoms with Gasteiger partial charge in [0, 0.05) is 24.1 Å². The van der Waals surface area contributed by atoms with Crippen LogP contribution in [0.1, 0.15) is 18.4 Å². The van der Waals surface area contributed by atoms with Crippen LogP contribution in [0.4, 0.5) is 5.69 Å². The van der Waals surface area contributed by atoms with E-state index in [0.717, 1.165) is 64.5 Å². The fourth-order valence-electron chi connectivity index (χ4n) is 3.87. The molecule has 0 aromatic heterocycles. The van der Waals surface area contributed by atoms with E-state index in [0.29, 0.717) is 6.54 Å². The van der Waals surface area contributed by atoms with E-state index in [1.54, 1.807) is 0 Å². The number of methoxy groups -OCH3 is 1. The maximum atomic E-state index is 12.3. The van der Waals surface area contributed by atoms with E-state index in [4.69, 9.17) is 9.47 Å². The quantitative estimate of drug-likeness (QED) is 0.528. The van der Waals surface area contributed by atoms with Gasteiger partial charge in [0.05, 0.1) is 39.3 Å². The number of likely N-dealkylation sites (tertiary alicyclic amines) is 1. The van der Waals surface area contributed by atoms with Crippen LogP contribution in [0.25, 0.3) is 0 Å². The molecule has 2 heterocycles. The average molecular weight is 377 g/mol. The molecule has 2 saturated heterocycles. The Morgan fingerprint density at radius 2 is 1.74 bits per heavy atom. The third kappa shape index (κ3) is 6.02. The van der Waals surface area contributed by atoms with Gasteiger partial charge in [-0.25, -0.2) is 0 Å². The highest BCUT2D eigenvalue weighted by molar-refractivity contribution is 5.91. The zero-order valence-electron chi connectivity index (χ0n) is 16.1. The van der Waals surface area contributed by atoms with Gasteiger partial charge in [-0.1, -0.05) is 12.1 Å². The highest BCUT2D eigenvalue weighted by atomic mass is 16.5. The molecule has 148 valence electrons. The number of esters is 1. The van der Waals surface area contributed by atoms with Crippen molar-refractivity contribution < 1.29 is 28.9 Å². The van der Waals surface area contributed by atoms with Crippen LogP contribution in [0.5, 0.6) is 0 Å². The van der Waals surface area contributed by atoms with Gasteiger partial charge in [0.2, 0.25) is 0 Å². The highest BCUT2D eigenvalue weighted by Crippen LogP contribution is 2.11. The first-order chi connectivity index (χ1) is 13.1. The summed E-state index contributed by atoms with van der Waals surface area (Å²) in [5, 5.41) is 2.99. The molecule has 7 nitrogen and oxygen atoms in total. The number of rotatable bonds is 6. The molecule has 0 bridgehead atoms. The molecule has 0 spiro atoms. The third-order valence-electron chi connectivity index (χ3n) is 5.53. The first kappa shape index (κ1) is 19.8. The molecule has 2 aliphatic rings. The number of benzene rings is 1. The van der Waals surface area contributed by atoms with Gasteiger partial charge in [-0.05, 0) is 12.1 Å². The van der Waals surface area contributed by atoms with Crippen LogP contribution in [0.2, 0.25) is 0 Å². The van der Waals surface area contributed by atoms with Crippen molar-refractivity contribution in [3.8, 4) is 0 Å². The number of hydrogen-bond donors (Lipinski definition) is 3. The second-order valence-corrected chi connectivity index (χ2v) is 7.51. The minimum atomic E-state index is -0.127. The molecular formula is C20H31N3O4+2. The van der Waals surface area contributed by atoms with E-state index >= 15 is 0 Å². The minimum absolute atomic E-state index is 0.0112. The second-order valence-electron chi connectivity index (χ2n) is 7.51. The predicted molar refractivity (Wildman–Crippen MR) is 101 cm³/mol. The van der Waals surface area contributed by atoms with Crippen molar-refractivity contribution in [2.45, 2.75) is 19.4 Å². The normalized spacial score (nSPS) is 23.6. The molecule has 1 amide bonds. The lowest BCUT2D eigenvalue weighted by atomic mass is 9.97. The number of piperidine rings is 1. The number of anilines is 1. The smallest absolute Gasteiger partial charge is 0.309 e. The molecular weight excluding hydrogens is 346 g/mol. The summed E-state index contributed by atoms with van der Waals surface area (Å²) in [5.74, 6) is -0.117. The van der Waals surface area contributed by atoms with Crippen LogP contribution in [0, 0.1) is 5.92 Å². The van der Waals surface area contributed by atoms with Gasteiger partial charge in [-0.3, -0.25) is 9.59 Å². The van der Waals surface area contributed by atoms with Crippen molar-refractivity contribution in [3.05, 3.63) is 29.8 Å². The molecule has 0 atom stereocenters. The number of morpholine rings is 1. The lowest BCUT2D eigenvalue weighted by molar-refractivity contribution is -0.921. The minimum Gasteiger partial charge on any atom is -0.469 e. The highest BCUT2D eigenvalue weighted by Gasteiger charge is 2.29. The largest absolute Gasteiger partial charge is 0.469 e. The van der Waals surface area contributed by atoms with Gasteiger partial charge < -0.3 is 24.6 Å². The van der Waals surface area contributed by atoms with Crippen molar-refractivity contribution in [1.29, 1.82) is 0 Å². The number of carbonyl (C=O) groups is 2. The summed E-state index contributed by atoms with van der Waals surface area (Å²) in [4.78, 5) is 26.6. The van der Waals surface area contributed by atoms with E-state index in [9.17, 15) is 9.59 Å². The van der Waals surface area contributed by atoms with E-state index in [1.807, 2.05) is 12.1 Å². The van der Waals surface area contributed by atoms with Crippen molar-refractivity contribution in [3.63, 3.8) is 0 Å². The Balaban J connectivity index is 1.41. The molecule has 0 unspecified atom stereocenters. The van der Waals surface area contributed by atoms with E-state index in [1.165, 1.54) is 22.5 Å². The van der Waals surface area contributed by atoms with E-state index < -0.39 is 0 Å². The Hall–Kier alpha value is -1.96. The van der Waals surface area contributed by atoms with Crippen LogP contribution >= 0.6 is 0 Å². The van der Waals surface area contributed by atoms with Gasteiger partial charge >= 0.3 is 5.97 Å². The van der Waals surface area contributed by atoms with Gasteiger partial charge in [0.1, 0.15) is 19.6 Å². The second kappa shape index (κ2) is 9.82. The lowest BCUT2D eigenvalue weighted by Gasteiger charge is -2.27. The van der Waals surface area contributed by atoms with E-state index in [-0.39, 0.29) is 17.8 Å². The third-order valence-corrected chi connectivity index (χ3v) is 5.53.